The molecule has 0 aromatic heterocycles. The summed E-state index contributed by atoms with van der Waals surface area (Å²) in [5.41, 5.74) is 0. The Morgan fingerprint density at radius 3 is 0.900 bits per heavy atom. The third-order valence-electron chi connectivity index (χ3n) is 0.671. The van der Waals surface area contributed by atoms with Crippen LogP contribution in [-0.2, 0) is 16.8 Å². The van der Waals surface area contributed by atoms with Gasteiger partial charge in [-0.2, -0.15) is 0 Å². The van der Waals surface area contributed by atoms with Crippen LogP contribution in [0.3, 0.4) is 0 Å². The topological polar surface area (TPSA) is 14.1 Å². The SMILES string of the molecule is C[Si](C)(C)[N-][Si](C)(C)C.[Co]. The van der Waals surface area contributed by atoms with Crippen molar-refractivity contribution in [1.29, 1.82) is 0 Å². The Kier molecular flexibility index (Phi) is 5.47. The fourth-order valence-corrected chi connectivity index (χ4v) is 9.06. The largest absolute Gasteiger partial charge is 0.668 e. The third-order valence-corrected chi connectivity index (χ3v) is 6.04. The molecule has 0 aromatic rings. The third kappa shape index (κ3) is 11.7. The Hall–Kier alpha value is 0.900. The molecule has 0 aliphatic carbocycles. The van der Waals surface area contributed by atoms with Crippen LogP contribution >= 0.6 is 0 Å². The number of rotatable bonds is 2. The molecule has 0 amide bonds. The summed E-state index contributed by atoms with van der Waals surface area (Å²) in [4.78, 5) is 0. The van der Waals surface area contributed by atoms with E-state index in [1.54, 1.807) is 0 Å². The van der Waals surface area contributed by atoms with Gasteiger partial charge in [-0.25, -0.2) is 0 Å². The summed E-state index contributed by atoms with van der Waals surface area (Å²) in [6.07, 6.45) is 0. The van der Waals surface area contributed by atoms with E-state index >= 15 is 0 Å². The molecular formula is C6H18CoNSi2-. The second-order valence-electron chi connectivity index (χ2n) is 4.45. The summed E-state index contributed by atoms with van der Waals surface area (Å²) in [5, 5.41) is 0. The Morgan fingerprint density at radius 2 is 0.900 bits per heavy atom. The van der Waals surface area contributed by atoms with Crippen molar-refractivity contribution < 1.29 is 16.8 Å². The monoisotopic (exact) mass is 219 g/mol. The van der Waals surface area contributed by atoms with Gasteiger partial charge in [0.1, 0.15) is 0 Å². The van der Waals surface area contributed by atoms with Crippen LogP contribution in [0.25, 0.3) is 4.65 Å². The van der Waals surface area contributed by atoms with Crippen LogP contribution in [0.1, 0.15) is 0 Å². The zero-order valence-corrected chi connectivity index (χ0v) is 10.8. The minimum atomic E-state index is -1.11. The van der Waals surface area contributed by atoms with Crippen LogP contribution in [0.2, 0.25) is 39.3 Å². The zero-order valence-electron chi connectivity index (χ0n) is 7.78. The van der Waals surface area contributed by atoms with Crippen molar-refractivity contribution in [2.45, 2.75) is 39.3 Å². The van der Waals surface area contributed by atoms with E-state index in [0.29, 0.717) is 0 Å². The molecule has 10 heavy (non-hydrogen) atoms. The summed E-state index contributed by atoms with van der Waals surface area (Å²) in [5.74, 6) is 0. The predicted octanol–water partition coefficient (Wildman–Crippen LogP) is 3.03. The second kappa shape index (κ2) is 4.06. The van der Waals surface area contributed by atoms with Crippen molar-refractivity contribution in [2.24, 2.45) is 0 Å². The van der Waals surface area contributed by atoms with Gasteiger partial charge >= 0.3 is 0 Å². The van der Waals surface area contributed by atoms with Crippen LogP contribution in [0.4, 0.5) is 0 Å². The molecule has 4 heteroatoms. The van der Waals surface area contributed by atoms with Crippen molar-refractivity contribution in [1.82, 2.24) is 0 Å². The number of hydrogen-bond donors (Lipinski definition) is 0. The van der Waals surface area contributed by atoms with Gasteiger partial charge in [0.15, 0.2) is 0 Å². The first kappa shape index (κ1) is 13.5. The Morgan fingerprint density at radius 1 is 0.700 bits per heavy atom. The molecule has 0 fully saturated rings. The first-order chi connectivity index (χ1) is 3.71. The maximum atomic E-state index is 4.82. The van der Waals surface area contributed by atoms with Gasteiger partial charge in [0.2, 0.25) is 0 Å². The average molecular weight is 219 g/mol. The van der Waals surface area contributed by atoms with E-state index in [-0.39, 0.29) is 16.8 Å². The molecule has 0 aliphatic heterocycles. The molecule has 0 aliphatic rings. The van der Waals surface area contributed by atoms with E-state index < -0.39 is 16.5 Å². The van der Waals surface area contributed by atoms with E-state index in [0.717, 1.165) is 0 Å². The summed E-state index contributed by atoms with van der Waals surface area (Å²) in [7, 11) is -2.21. The zero-order chi connectivity index (χ0) is 7.71. The maximum absolute atomic E-state index is 4.82. The molecule has 0 spiro atoms. The molecule has 0 saturated heterocycles. The molecule has 0 N–H and O–H groups in total. The van der Waals surface area contributed by atoms with Crippen LogP contribution in [0, 0.1) is 0 Å². The minimum Gasteiger partial charge on any atom is -0.668 e. The molecule has 65 valence electrons. The van der Waals surface area contributed by atoms with Crippen molar-refractivity contribution in [3.63, 3.8) is 0 Å². The van der Waals surface area contributed by atoms with Gasteiger partial charge in [0, 0.05) is 16.8 Å². The van der Waals surface area contributed by atoms with Crippen LogP contribution in [0.5, 0.6) is 0 Å². The number of hydrogen-bond acceptors (Lipinski definition) is 0. The molecule has 0 heterocycles. The molecule has 0 saturated carbocycles. The van der Waals surface area contributed by atoms with Crippen LogP contribution < -0.4 is 0 Å². The summed E-state index contributed by atoms with van der Waals surface area (Å²) >= 11 is 0. The molecule has 1 radical (unpaired) electrons. The van der Waals surface area contributed by atoms with Gasteiger partial charge in [-0.3, -0.25) is 0 Å². The van der Waals surface area contributed by atoms with Crippen molar-refractivity contribution in [3.8, 4) is 0 Å². The first-order valence-electron chi connectivity index (χ1n) is 3.45. The Labute approximate surface area is 77.4 Å². The van der Waals surface area contributed by atoms with Gasteiger partial charge in [0.25, 0.3) is 0 Å². The van der Waals surface area contributed by atoms with E-state index in [1.165, 1.54) is 0 Å². The van der Waals surface area contributed by atoms with Crippen molar-refractivity contribution in [3.05, 3.63) is 4.65 Å². The molecule has 0 unspecified atom stereocenters. The van der Waals surface area contributed by atoms with Gasteiger partial charge in [0.05, 0.1) is 0 Å². The first-order valence-corrected chi connectivity index (χ1v) is 10.3. The fraction of sp³-hybridized carbons (Fsp3) is 1.00. The summed E-state index contributed by atoms with van der Waals surface area (Å²) in [6, 6.07) is 0. The van der Waals surface area contributed by atoms with Crippen LogP contribution in [0.15, 0.2) is 0 Å². The van der Waals surface area contributed by atoms with E-state index in [1.807, 2.05) is 0 Å². The van der Waals surface area contributed by atoms with Gasteiger partial charge in [-0.05, 0) is 0 Å². The van der Waals surface area contributed by atoms with E-state index in [2.05, 4.69) is 39.3 Å². The second-order valence-corrected chi connectivity index (χ2v) is 14.0. The van der Waals surface area contributed by atoms with Crippen molar-refractivity contribution >= 4 is 16.5 Å². The Bertz CT molecular complexity index is 80.9. The fourth-order valence-electron chi connectivity index (χ4n) is 1.01. The molecule has 0 atom stereocenters. The maximum Gasteiger partial charge on any atom is 0 e. The average Bonchev–Trinajstić information content (AvgIpc) is 1.14. The van der Waals surface area contributed by atoms with Crippen molar-refractivity contribution in [2.75, 3.05) is 0 Å². The van der Waals surface area contributed by atoms with Crippen LogP contribution in [-0.4, -0.2) is 16.5 Å². The Balaban J connectivity index is 0. The summed E-state index contributed by atoms with van der Waals surface area (Å²) < 4.78 is 4.82. The quantitative estimate of drug-likeness (QED) is 0.634. The predicted molar refractivity (Wildman–Crippen MR) is 50.1 cm³/mol. The van der Waals surface area contributed by atoms with Gasteiger partial charge in [-0.15, -0.1) is 0 Å². The van der Waals surface area contributed by atoms with E-state index in [4.69, 9.17) is 4.65 Å². The molecule has 0 bridgehead atoms. The standard InChI is InChI=1S/C6H18NSi2.Co/c1-8(2,3)7-9(4,5)6;/h1-6H3;/q-1;. The normalized spacial score (nSPS) is 12.6. The van der Waals surface area contributed by atoms with Gasteiger partial charge < -0.3 is 4.65 Å². The summed E-state index contributed by atoms with van der Waals surface area (Å²) in [6.45, 7) is 13.8. The number of nitrogens with zero attached hydrogens (tertiary/aromatic N) is 1. The van der Waals surface area contributed by atoms with Gasteiger partial charge in [-0.1, -0.05) is 55.8 Å². The van der Waals surface area contributed by atoms with E-state index in [9.17, 15) is 0 Å². The molecule has 1 nitrogen and oxygen atoms in total. The molecule has 0 aromatic carbocycles. The molecule has 0 rings (SSSR count). The smallest absolute Gasteiger partial charge is 0 e. The molecular weight excluding hydrogens is 201 g/mol. The minimum absolute atomic E-state index is 0.